The number of esters is 1. The first-order chi connectivity index (χ1) is 9.29. The molecule has 0 spiro atoms. The van der Waals surface area contributed by atoms with Crippen LogP contribution in [0.5, 0.6) is 0 Å². The normalized spacial score (nSPS) is 9.00. The molecule has 1 N–H and O–H groups in total. The van der Waals surface area contributed by atoms with Gasteiger partial charge in [0, 0.05) is 23.8 Å². The first kappa shape index (κ1) is 14.7. The first-order valence-electron chi connectivity index (χ1n) is 6.15. The van der Waals surface area contributed by atoms with Crippen molar-refractivity contribution in [1.29, 1.82) is 0 Å². The van der Waals surface area contributed by atoms with Crippen LogP contribution in [0.15, 0.2) is 48.8 Å². The zero-order valence-corrected chi connectivity index (χ0v) is 11.4. The maximum absolute atomic E-state index is 11.2. The Morgan fingerprint density at radius 2 is 1.53 bits per heavy atom. The van der Waals surface area contributed by atoms with Gasteiger partial charge in [0.15, 0.2) is 0 Å². The lowest BCUT2D eigenvalue weighted by atomic mass is 10.2. The summed E-state index contributed by atoms with van der Waals surface area (Å²) >= 11 is 0. The van der Waals surface area contributed by atoms with Gasteiger partial charge in [-0.2, -0.15) is 0 Å². The SMILES string of the molecule is CC.COC(=O)c1ccc(Nc2ccncc2)cc1. The van der Waals surface area contributed by atoms with Crippen molar-refractivity contribution < 1.29 is 9.53 Å². The van der Waals surface area contributed by atoms with Crippen molar-refractivity contribution in [2.24, 2.45) is 0 Å². The topological polar surface area (TPSA) is 51.2 Å². The van der Waals surface area contributed by atoms with Crippen LogP contribution in [0, 0.1) is 0 Å². The highest BCUT2D eigenvalue weighted by Crippen LogP contribution is 2.16. The Morgan fingerprint density at radius 1 is 1.00 bits per heavy atom. The standard InChI is InChI=1S/C13H12N2O2.C2H6/c1-17-13(16)10-2-4-11(5-3-10)15-12-6-8-14-9-7-12;1-2/h2-9H,1H3,(H,14,15);1-2H3. The van der Waals surface area contributed by atoms with Crippen molar-refractivity contribution in [2.75, 3.05) is 12.4 Å². The second-order valence-electron chi connectivity index (χ2n) is 3.43. The van der Waals surface area contributed by atoms with Crippen LogP contribution < -0.4 is 5.32 Å². The van der Waals surface area contributed by atoms with Gasteiger partial charge in [0.2, 0.25) is 0 Å². The molecule has 0 fully saturated rings. The van der Waals surface area contributed by atoms with Gasteiger partial charge in [0.25, 0.3) is 0 Å². The fraction of sp³-hybridized carbons (Fsp3) is 0.200. The number of anilines is 2. The molecular weight excluding hydrogens is 240 g/mol. The summed E-state index contributed by atoms with van der Waals surface area (Å²) in [4.78, 5) is 15.2. The summed E-state index contributed by atoms with van der Waals surface area (Å²) in [5.41, 5.74) is 2.39. The van der Waals surface area contributed by atoms with Crippen LogP contribution in [0.3, 0.4) is 0 Å². The molecule has 0 aliphatic carbocycles. The lowest BCUT2D eigenvalue weighted by molar-refractivity contribution is 0.0601. The minimum atomic E-state index is -0.333. The van der Waals surface area contributed by atoms with Gasteiger partial charge in [-0.15, -0.1) is 0 Å². The molecule has 0 radical (unpaired) electrons. The van der Waals surface area contributed by atoms with Crippen LogP contribution in [-0.2, 0) is 4.74 Å². The predicted octanol–water partition coefficient (Wildman–Crippen LogP) is 3.64. The third-order valence-corrected chi connectivity index (χ3v) is 2.27. The van der Waals surface area contributed by atoms with E-state index >= 15 is 0 Å². The maximum Gasteiger partial charge on any atom is 0.337 e. The highest BCUT2D eigenvalue weighted by atomic mass is 16.5. The smallest absolute Gasteiger partial charge is 0.337 e. The first-order valence-corrected chi connectivity index (χ1v) is 6.15. The monoisotopic (exact) mass is 258 g/mol. The van der Waals surface area contributed by atoms with Crippen LogP contribution in [0.2, 0.25) is 0 Å². The summed E-state index contributed by atoms with van der Waals surface area (Å²) in [6.07, 6.45) is 3.43. The van der Waals surface area contributed by atoms with Gasteiger partial charge in [-0.1, -0.05) is 13.8 Å². The number of ether oxygens (including phenoxy) is 1. The van der Waals surface area contributed by atoms with E-state index in [1.54, 1.807) is 24.5 Å². The van der Waals surface area contributed by atoms with Crippen molar-refractivity contribution in [3.63, 3.8) is 0 Å². The Kier molecular flexibility index (Phi) is 6.09. The van der Waals surface area contributed by atoms with Gasteiger partial charge < -0.3 is 10.1 Å². The molecule has 1 heterocycles. The number of aromatic nitrogens is 1. The van der Waals surface area contributed by atoms with Gasteiger partial charge >= 0.3 is 5.97 Å². The molecule has 0 amide bonds. The lowest BCUT2D eigenvalue weighted by Gasteiger charge is -2.06. The number of carbonyl (C=O) groups is 1. The number of hydrogen-bond donors (Lipinski definition) is 1. The molecule has 4 nitrogen and oxygen atoms in total. The van der Waals surface area contributed by atoms with E-state index < -0.39 is 0 Å². The van der Waals surface area contributed by atoms with Crippen LogP contribution >= 0.6 is 0 Å². The summed E-state index contributed by atoms with van der Waals surface area (Å²) in [5, 5.41) is 3.20. The number of pyridine rings is 1. The molecule has 0 bridgehead atoms. The van der Waals surface area contributed by atoms with Crippen LogP contribution in [0.25, 0.3) is 0 Å². The third-order valence-electron chi connectivity index (χ3n) is 2.27. The molecule has 19 heavy (non-hydrogen) atoms. The molecule has 1 aromatic carbocycles. The van der Waals surface area contributed by atoms with E-state index in [0.717, 1.165) is 11.4 Å². The fourth-order valence-electron chi connectivity index (χ4n) is 1.41. The Hall–Kier alpha value is -2.36. The molecular formula is C15H18N2O2. The lowest BCUT2D eigenvalue weighted by Crippen LogP contribution is -2.00. The van der Waals surface area contributed by atoms with E-state index in [1.807, 2.05) is 38.1 Å². The molecule has 2 aromatic rings. The summed E-state index contributed by atoms with van der Waals surface area (Å²) in [6.45, 7) is 4.00. The number of carbonyl (C=O) groups excluding carboxylic acids is 1. The quantitative estimate of drug-likeness (QED) is 0.854. The molecule has 0 saturated carbocycles. The van der Waals surface area contributed by atoms with Gasteiger partial charge in [0.05, 0.1) is 12.7 Å². The zero-order chi connectivity index (χ0) is 14.1. The molecule has 0 aliphatic heterocycles. The Balaban J connectivity index is 0.000000861. The Labute approximate surface area is 113 Å². The number of nitrogens with zero attached hydrogens (tertiary/aromatic N) is 1. The van der Waals surface area contributed by atoms with Crippen molar-refractivity contribution in [3.05, 3.63) is 54.4 Å². The van der Waals surface area contributed by atoms with E-state index in [-0.39, 0.29) is 5.97 Å². The molecule has 4 heteroatoms. The molecule has 0 unspecified atom stereocenters. The highest BCUT2D eigenvalue weighted by molar-refractivity contribution is 5.89. The van der Waals surface area contributed by atoms with Crippen LogP contribution in [0.4, 0.5) is 11.4 Å². The van der Waals surface area contributed by atoms with Crippen molar-refractivity contribution >= 4 is 17.3 Å². The predicted molar refractivity (Wildman–Crippen MR) is 76.6 cm³/mol. The largest absolute Gasteiger partial charge is 0.465 e. The van der Waals surface area contributed by atoms with Crippen molar-refractivity contribution in [3.8, 4) is 0 Å². The number of rotatable bonds is 3. The van der Waals surface area contributed by atoms with E-state index in [4.69, 9.17) is 0 Å². The van der Waals surface area contributed by atoms with Crippen LogP contribution in [0.1, 0.15) is 24.2 Å². The summed E-state index contributed by atoms with van der Waals surface area (Å²) in [6, 6.07) is 10.8. The average Bonchev–Trinajstić information content (AvgIpc) is 2.50. The van der Waals surface area contributed by atoms with E-state index in [2.05, 4.69) is 15.0 Å². The molecule has 2 rings (SSSR count). The van der Waals surface area contributed by atoms with Crippen molar-refractivity contribution in [2.45, 2.75) is 13.8 Å². The maximum atomic E-state index is 11.2. The number of benzene rings is 1. The number of methoxy groups -OCH3 is 1. The van der Waals surface area contributed by atoms with Gasteiger partial charge in [0.1, 0.15) is 0 Å². The van der Waals surface area contributed by atoms with Gasteiger partial charge in [-0.25, -0.2) is 4.79 Å². The summed E-state index contributed by atoms with van der Waals surface area (Å²) in [7, 11) is 1.37. The van der Waals surface area contributed by atoms with Crippen LogP contribution in [-0.4, -0.2) is 18.1 Å². The number of nitrogens with one attached hydrogen (secondary N) is 1. The zero-order valence-electron chi connectivity index (χ0n) is 11.4. The average molecular weight is 258 g/mol. The number of hydrogen-bond acceptors (Lipinski definition) is 4. The second-order valence-corrected chi connectivity index (χ2v) is 3.43. The van der Waals surface area contributed by atoms with Gasteiger partial charge in [-0.05, 0) is 36.4 Å². The Bertz CT molecular complexity index is 495. The molecule has 0 aliphatic rings. The van der Waals surface area contributed by atoms with Gasteiger partial charge in [-0.3, -0.25) is 4.98 Å². The van der Waals surface area contributed by atoms with E-state index in [0.29, 0.717) is 5.56 Å². The summed E-state index contributed by atoms with van der Waals surface area (Å²) in [5.74, 6) is -0.333. The molecule has 0 atom stereocenters. The highest BCUT2D eigenvalue weighted by Gasteiger charge is 2.03. The second kappa shape index (κ2) is 7.87. The third kappa shape index (κ3) is 4.43. The molecule has 100 valence electrons. The fourth-order valence-corrected chi connectivity index (χ4v) is 1.41. The molecule has 1 aromatic heterocycles. The minimum Gasteiger partial charge on any atom is -0.465 e. The minimum absolute atomic E-state index is 0.333. The Morgan fingerprint density at radius 3 is 2.05 bits per heavy atom. The van der Waals surface area contributed by atoms with Crippen molar-refractivity contribution in [1.82, 2.24) is 4.98 Å². The molecule has 0 saturated heterocycles. The van der Waals surface area contributed by atoms with E-state index in [9.17, 15) is 4.79 Å². The summed E-state index contributed by atoms with van der Waals surface area (Å²) < 4.78 is 4.63. The van der Waals surface area contributed by atoms with E-state index in [1.165, 1.54) is 7.11 Å².